The predicted molar refractivity (Wildman–Crippen MR) is 139 cm³/mol. The van der Waals surface area contributed by atoms with Crippen LogP contribution in [0.25, 0.3) is 0 Å². The molecule has 0 bridgehead atoms. The lowest BCUT2D eigenvalue weighted by atomic mass is 9.99. The topological polar surface area (TPSA) is 66.4 Å². The Labute approximate surface area is 209 Å². The first kappa shape index (κ1) is 27.2. The maximum atomic E-state index is 13.1. The normalized spacial score (nSPS) is 18.7. The molecule has 182 valence electrons. The van der Waals surface area contributed by atoms with Crippen molar-refractivity contribution in [2.24, 2.45) is 5.92 Å². The second-order valence-corrected chi connectivity index (χ2v) is 9.12. The molecule has 0 saturated carbocycles. The fourth-order valence-corrected chi connectivity index (χ4v) is 4.81. The molecule has 2 saturated heterocycles. The number of carbonyl (C=O) groups is 1. The summed E-state index contributed by atoms with van der Waals surface area (Å²) in [5.74, 6) is 0.212. The average molecular weight is 495 g/mol. The fourth-order valence-electron chi connectivity index (χ4n) is 4.81. The Morgan fingerprint density at radius 3 is 2.55 bits per heavy atom. The molecule has 2 N–H and O–H groups in total. The van der Waals surface area contributed by atoms with E-state index in [-0.39, 0.29) is 42.3 Å². The van der Waals surface area contributed by atoms with Gasteiger partial charge in [-0.15, -0.1) is 24.8 Å². The fraction of sp³-hybridized carbons (Fsp3) is 0.520. The predicted octanol–water partition coefficient (Wildman–Crippen LogP) is 3.71. The monoisotopic (exact) mass is 494 g/mol. The van der Waals surface area contributed by atoms with Crippen LogP contribution < -0.4 is 21.1 Å². The number of hydrogen-bond acceptors (Lipinski definition) is 4. The van der Waals surface area contributed by atoms with Crippen molar-refractivity contribution in [2.75, 3.05) is 31.1 Å². The molecule has 0 radical (unpaired) electrons. The highest BCUT2D eigenvalue weighted by Crippen LogP contribution is 2.21. The van der Waals surface area contributed by atoms with Crippen LogP contribution in [0.2, 0.25) is 0 Å². The molecule has 0 spiro atoms. The Morgan fingerprint density at radius 2 is 1.88 bits per heavy atom. The van der Waals surface area contributed by atoms with Crippen LogP contribution in [0, 0.1) is 19.8 Å². The average Bonchev–Trinajstić information content (AvgIpc) is 2.77. The lowest BCUT2D eigenvalue weighted by Crippen LogP contribution is -2.46. The van der Waals surface area contributed by atoms with Gasteiger partial charge < -0.3 is 20.1 Å². The quantitative estimate of drug-likeness (QED) is 0.664. The number of aryl methyl sites for hydroxylation is 2. The third-order valence-corrected chi connectivity index (χ3v) is 6.65. The molecule has 0 aliphatic carbocycles. The molecule has 2 aromatic rings. The Morgan fingerprint density at radius 1 is 1.12 bits per heavy atom. The molecule has 1 atom stereocenters. The first-order valence-electron chi connectivity index (χ1n) is 11.5. The summed E-state index contributed by atoms with van der Waals surface area (Å²) in [5, 5.41) is 6.54. The second-order valence-electron chi connectivity index (χ2n) is 9.12. The summed E-state index contributed by atoms with van der Waals surface area (Å²) in [7, 11) is 0. The molecule has 1 amide bonds. The summed E-state index contributed by atoms with van der Waals surface area (Å²) in [6.07, 6.45) is 5.86. The van der Waals surface area contributed by atoms with Crippen molar-refractivity contribution in [1.29, 1.82) is 0 Å². The van der Waals surface area contributed by atoms with E-state index in [9.17, 15) is 9.59 Å². The molecule has 2 fully saturated rings. The molecule has 1 aromatic heterocycles. The molecular formula is C25H36Cl2N4O2. The number of pyridine rings is 1. The minimum absolute atomic E-state index is 0. The van der Waals surface area contributed by atoms with Crippen LogP contribution in [-0.2, 0) is 6.54 Å². The minimum Gasteiger partial charge on any atom is -0.371 e. The zero-order valence-electron chi connectivity index (χ0n) is 19.5. The first-order chi connectivity index (χ1) is 15.0. The number of amides is 1. The van der Waals surface area contributed by atoms with E-state index >= 15 is 0 Å². The Hall–Kier alpha value is -2.02. The molecule has 2 aliphatic heterocycles. The van der Waals surface area contributed by atoms with Crippen LogP contribution in [0.5, 0.6) is 0 Å². The van der Waals surface area contributed by atoms with Crippen LogP contribution in [0.3, 0.4) is 0 Å². The zero-order chi connectivity index (χ0) is 21.8. The van der Waals surface area contributed by atoms with Gasteiger partial charge in [-0.25, -0.2) is 0 Å². The van der Waals surface area contributed by atoms with Gasteiger partial charge in [0.15, 0.2) is 0 Å². The van der Waals surface area contributed by atoms with Crippen LogP contribution in [-0.4, -0.2) is 42.7 Å². The van der Waals surface area contributed by atoms with Crippen LogP contribution in [0.4, 0.5) is 5.69 Å². The zero-order valence-corrected chi connectivity index (χ0v) is 21.1. The molecule has 4 rings (SSSR count). The molecule has 6 nitrogen and oxygen atoms in total. The van der Waals surface area contributed by atoms with Gasteiger partial charge in [0.25, 0.3) is 11.5 Å². The van der Waals surface area contributed by atoms with Crippen molar-refractivity contribution in [3.05, 3.63) is 63.6 Å². The lowest BCUT2D eigenvalue weighted by Gasteiger charge is -2.34. The number of aromatic nitrogens is 1. The van der Waals surface area contributed by atoms with E-state index in [4.69, 9.17) is 0 Å². The number of piperidine rings is 2. The van der Waals surface area contributed by atoms with E-state index in [2.05, 4.69) is 46.7 Å². The Balaban J connectivity index is 0.00000193. The smallest absolute Gasteiger partial charge is 0.263 e. The molecule has 8 heteroatoms. The molecular weight excluding hydrogens is 459 g/mol. The standard InChI is InChI=1S/C25H34N4O2.2ClH/c1-18-5-3-7-22(15-18)28-13-9-21(10-14-28)27-24(30)23-19(2)8-12-29(25(23)31)17-20-6-4-11-26-16-20;;/h3,5,7-8,12,15,20-21,26H,4,6,9-11,13-14,16-17H2,1-2H3,(H,27,30);2*1H. The number of hydrogen-bond donors (Lipinski definition) is 2. The summed E-state index contributed by atoms with van der Waals surface area (Å²) in [6, 6.07) is 10.5. The van der Waals surface area contributed by atoms with Crippen molar-refractivity contribution in [3.63, 3.8) is 0 Å². The molecule has 3 heterocycles. The third-order valence-electron chi connectivity index (χ3n) is 6.65. The number of anilines is 1. The van der Waals surface area contributed by atoms with E-state index < -0.39 is 0 Å². The Kier molecular flexibility index (Phi) is 10.3. The van der Waals surface area contributed by atoms with Crippen molar-refractivity contribution >= 4 is 36.4 Å². The molecule has 33 heavy (non-hydrogen) atoms. The van der Waals surface area contributed by atoms with Crippen LogP contribution >= 0.6 is 24.8 Å². The SMILES string of the molecule is Cc1cccc(N2CCC(NC(=O)c3c(C)ccn(CC4CCCNC4)c3=O)CC2)c1.Cl.Cl. The summed E-state index contributed by atoms with van der Waals surface area (Å²) >= 11 is 0. The van der Waals surface area contributed by atoms with Crippen LogP contribution in [0.1, 0.15) is 47.2 Å². The van der Waals surface area contributed by atoms with E-state index in [0.29, 0.717) is 18.0 Å². The van der Waals surface area contributed by atoms with E-state index in [0.717, 1.165) is 57.4 Å². The van der Waals surface area contributed by atoms with Gasteiger partial charge in [0.2, 0.25) is 0 Å². The van der Waals surface area contributed by atoms with Gasteiger partial charge in [0, 0.05) is 37.6 Å². The summed E-state index contributed by atoms with van der Waals surface area (Å²) < 4.78 is 1.72. The summed E-state index contributed by atoms with van der Waals surface area (Å²) in [4.78, 5) is 28.5. The van der Waals surface area contributed by atoms with Gasteiger partial charge in [-0.1, -0.05) is 12.1 Å². The maximum absolute atomic E-state index is 13.1. The number of rotatable bonds is 5. The number of carbonyl (C=O) groups excluding carboxylic acids is 1. The second kappa shape index (κ2) is 12.4. The van der Waals surface area contributed by atoms with Crippen molar-refractivity contribution in [1.82, 2.24) is 15.2 Å². The van der Waals surface area contributed by atoms with Crippen molar-refractivity contribution in [2.45, 2.75) is 52.1 Å². The van der Waals surface area contributed by atoms with Gasteiger partial charge in [0.1, 0.15) is 5.56 Å². The van der Waals surface area contributed by atoms with Gasteiger partial charge in [-0.2, -0.15) is 0 Å². The lowest BCUT2D eigenvalue weighted by molar-refractivity contribution is 0.0928. The van der Waals surface area contributed by atoms with E-state index in [1.807, 2.05) is 19.2 Å². The third kappa shape index (κ3) is 6.75. The summed E-state index contributed by atoms with van der Waals surface area (Å²) in [5.41, 5.74) is 3.38. The van der Waals surface area contributed by atoms with Crippen molar-refractivity contribution in [3.8, 4) is 0 Å². The van der Waals surface area contributed by atoms with E-state index in [1.165, 1.54) is 11.3 Å². The number of halogens is 2. The number of benzene rings is 1. The molecule has 1 aromatic carbocycles. The van der Waals surface area contributed by atoms with E-state index in [1.54, 1.807) is 4.57 Å². The number of nitrogens with zero attached hydrogens (tertiary/aromatic N) is 2. The largest absolute Gasteiger partial charge is 0.371 e. The summed E-state index contributed by atoms with van der Waals surface area (Å²) in [6.45, 7) is 8.42. The van der Waals surface area contributed by atoms with Crippen LogP contribution in [0.15, 0.2) is 41.3 Å². The van der Waals surface area contributed by atoms with Gasteiger partial charge in [0.05, 0.1) is 0 Å². The maximum Gasteiger partial charge on any atom is 0.263 e. The van der Waals surface area contributed by atoms with Gasteiger partial charge in [-0.05, 0) is 87.9 Å². The first-order valence-corrected chi connectivity index (χ1v) is 11.5. The Bertz CT molecular complexity index is 981. The highest BCUT2D eigenvalue weighted by molar-refractivity contribution is 5.95. The van der Waals surface area contributed by atoms with Gasteiger partial charge in [-0.3, -0.25) is 9.59 Å². The number of nitrogens with one attached hydrogen (secondary N) is 2. The molecule has 1 unspecified atom stereocenters. The minimum atomic E-state index is -0.229. The molecule has 2 aliphatic rings. The van der Waals surface area contributed by atoms with Crippen molar-refractivity contribution < 1.29 is 4.79 Å². The highest BCUT2D eigenvalue weighted by atomic mass is 35.5. The van der Waals surface area contributed by atoms with Gasteiger partial charge >= 0.3 is 0 Å². The highest BCUT2D eigenvalue weighted by Gasteiger charge is 2.24.